The van der Waals surface area contributed by atoms with Crippen LogP contribution in [0.4, 0.5) is 0 Å². The first-order valence-electron chi connectivity index (χ1n) is 13.6. The number of carbonyl (C=O) groups is 2. The van der Waals surface area contributed by atoms with E-state index in [0.29, 0.717) is 12.8 Å². The Morgan fingerprint density at radius 1 is 0.861 bits per heavy atom. The lowest BCUT2D eigenvalue weighted by atomic mass is 9.56. The lowest BCUT2D eigenvalue weighted by molar-refractivity contribution is -0.126. The third-order valence-corrected chi connectivity index (χ3v) is 8.62. The molecule has 4 saturated carbocycles. The second-order valence-corrected chi connectivity index (χ2v) is 11.6. The fraction of sp³-hybridized carbons (Fsp3) is 0.500. The molecule has 192 valence electrons. The number of carbonyl (C=O) groups excluding carboxylic acids is 2. The van der Waals surface area contributed by atoms with Gasteiger partial charge in [0, 0.05) is 19.8 Å². The molecule has 4 bridgehead atoms. The van der Waals surface area contributed by atoms with Gasteiger partial charge in [0.25, 0.3) is 0 Å². The molecular formula is C32H41NO2S. The second-order valence-electron chi connectivity index (χ2n) is 11.6. The van der Waals surface area contributed by atoms with E-state index in [1.165, 1.54) is 47.3 Å². The number of hydrogen-bond acceptors (Lipinski definition) is 2. The molecule has 4 fully saturated rings. The van der Waals surface area contributed by atoms with Crippen molar-refractivity contribution in [1.29, 1.82) is 0 Å². The molecule has 5 aliphatic carbocycles. The molecular weight excluding hydrogens is 462 g/mol. The summed E-state index contributed by atoms with van der Waals surface area (Å²) in [6, 6.07) is 15.7. The second kappa shape index (κ2) is 11.8. The van der Waals surface area contributed by atoms with Crippen LogP contribution < -0.4 is 5.32 Å². The highest BCUT2D eigenvalue weighted by molar-refractivity contribution is 7.59. The van der Waals surface area contributed by atoms with Gasteiger partial charge in [-0.05, 0) is 97.8 Å². The van der Waals surface area contributed by atoms with Gasteiger partial charge in [-0.2, -0.15) is 13.5 Å². The van der Waals surface area contributed by atoms with Crippen molar-refractivity contribution < 1.29 is 9.59 Å². The van der Waals surface area contributed by atoms with Crippen LogP contribution in [0.15, 0.2) is 54.6 Å². The zero-order chi connectivity index (χ0) is 24.4. The predicted octanol–water partition coefficient (Wildman–Crippen LogP) is 6.59. The molecule has 0 heterocycles. The van der Waals surface area contributed by atoms with Gasteiger partial charge in [-0.25, -0.2) is 0 Å². The summed E-state index contributed by atoms with van der Waals surface area (Å²) in [5.74, 6) is 4.58. The summed E-state index contributed by atoms with van der Waals surface area (Å²) in [4.78, 5) is 24.4. The standard InChI is InChI=1S/C22H23NO2.C10H16.H2S/c1-15-7-9-17(10-8-15)13-22(25)21(23-16(2)24)14-19-12-11-18-5-3-4-6-20(18)19;1-7-2-9-4-8(1)5-10(3-7)6-9;/h3-10,12,21H,11,13-14H2,1-2H3,(H,23,24);7-10H,1-6H2;1H2. The van der Waals surface area contributed by atoms with Crippen molar-refractivity contribution in [3.8, 4) is 0 Å². The molecule has 0 radical (unpaired) electrons. The number of aryl methyl sites for hydroxylation is 1. The minimum Gasteiger partial charge on any atom is -0.346 e. The summed E-state index contributed by atoms with van der Waals surface area (Å²) < 4.78 is 0. The molecule has 3 nitrogen and oxygen atoms in total. The molecule has 0 saturated heterocycles. The molecule has 2 aromatic carbocycles. The van der Waals surface area contributed by atoms with Gasteiger partial charge in [0.15, 0.2) is 5.78 Å². The molecule has 4 heteroatoms. The summed E-state index contributed by atoms with van der Waals surface area (Å²) in [5.41, 5.74) is 5.77. The Morgan fingerprint density at radius 2 is 1.42 bits per heavy atom. The molecule has 1 amide bonds. The van der Waals surface area contributed by atoms with Gasteiger partial charge in [0.2, 0.25) is 5.91 Å². The van der Waals surface area contributed by atoms with Gasteiger partial charge < -0.3 is 5.32 Å². The molecule has 36 heavy (non-hydrogen) atoms. The van der Waals surface area contributed by atoms with Gasteiger partial charge in [-0.3, -0.25) is 9.59 Å². The Bertz CT molecular complexity index is 1050. The Balaban J connectivity index is 0.000000227. The van der Waals surface area contributed by atoms with E-state index in [4.69, 9.17) is 0 Å². The average Bonchev–Trinajstić information content (AvgIpc) is 3.22. The molecule has 1 unspecified atom stereocenters. The van der Waals surface area contributed by atoms with Crippen molar-refractivity contribution in [3.63, 3.8) is 0 Å². The Kier molecular flexibility index (Phi) is 8.77. The van der Waals surface area contributed by atoms with E-state index in [1.54, 1.807) is 38.5 Å². The van der Waals surface area contributed by atoms with Gasteiger partial charge in [-0.15, -0.1) is 0 Å². The fourth-order valence-corrected chi connectivity index (χ4v) is 7.27. The highest BCUT2D eigenvalue weighted by Gasteiger charge is 2.41. The molecule has 2 aromatic rings. The molecule has 5 aliphatic rings. The fourth-order valence-electron chi connectivity index (χ4n) is 7.27. The summed E-state index contributed by atoms with van der Waals surface area (Å²) in [7, 11) is 0. The van der Waals surface area contributed by atoms with E-state index in [1.807, 2.05) is 43.3 Å². The largest absolute Gasteiger partial charge is 0.346 e. The number of ketones is 1. The van der Waals surface area contributed by atoms with Crippen molar-refractivity contribution in [2.24, 2.45) is 23.7 Å². The molecule has 7 rings (SSSR count). The van der Waals surface area contributed by atoms with Crippen molar-refractivity contribution >= 4 is 30.8 Å². The van der Waals surface area contributed by atoms with Crippen LogP contribution in [-0.2, 0) is 22.4 Å². The van der Waals surface area contributed by atoms with Gasteiger partial charge in [-0.1, -0.05) is 60.2 Å². The number of hydrogen-bond donors (Lipinski definition) is 1. The van der Waals surface area contributed by atoms with E-state index in [-0.39, 0.29) is 25.2 Å². The van der Waals surface area contributed by atoms with Crippen LogP contribution in [0.5, 0.6) is 0 Å². The summed E-state index contributed by atoms with van der Waals surface area (Å²) in [5, 5.41) is 2.84. The minimum atomic E-state index is -0.490. The van der Waals surface area contributed by atoms with Crippen LogP contribution in [-0.4, -0.2) is 17.7 Å². The summed E-state index contributed by atoms with van der Waals surface area (Å²) in [6.07, 6.45) is 13.6. The molecule has 1 N–H and O–H groups in total. The zero-order valence-corrected chi connectivity index (χ0v) is 22.8. The van der Waals surface area contributed by atoms with E-state index in [9.17, 15) is 9.59 Å². The predicted molar refractivity (Wildman–Crippen MR) is 152 cm³/mol. The van der Waals surface area contributed by atoms with Crippen molar-refractivity contribution in [1.82, 2.24) is 5.32 Å². The highest BCUT2D eigenvalue weighted by Crippen LogP contribution is 2.53. The van der Waals surface area contributed by atoms with E-state index >= 15 is 0 Å². The highest BCUT2D eigenvalue weighted by atomic mass is 32.1. The van der Waals surface area contributed by atoms with E-state index in [2.05, 4.69) is 23.5 Å². The molecule has 0 aromatic heterocycles. The third-order valence-electron chi connectivity index (χ3n) is 8.62. The lowest BCUT2D eigenvalue weighted by Crippen LogP contribution is -2.40. The number of benzene rings is 2. The number of amides is 1. The average molecular weight is 504 g/mol. The zero-order valence-electron chi connectivity index (χ0n) is 21.8. The number of fused-ring (bicyclic) bond motifs is 1. The Morgan fingerprint density at radius 3 is 1.97 bits per heavy atom. The Labute approximate surface area is 223 Å². The number of nitrogens with one attached hydrogen (secondary N) is 1. The maximum absolute atomic E-state index is 12.8. The monoisotopic (exact) mass is 503 g/mol. The smallest absolute Gasteiger partial charge is 0.217 e. The van der Waals surface area contributed by atoms with Crippen LogP contribution in [0, 0.1) is 30.6 Å². The maximum atomic E-state index is 12.8. The van der Waals surface area contributed by atoms with Gasteiger partial charge in [0.05, 0.1) is 6.04 Å². The van der Waals surface area contributed by atoms with Crippen molar-refractivity contribution in [2.45, 2.75) is 77.7 Å². The van der Waals surface area contributed by atoms with Crippen LogP contribution in [0.25, 0.3) is 5.57 Å². The number of Topliss-reactive ketones (excluding diaryl/α,β-unsaturated/α-hetero) is 1. The lowest BCUT2D eigenvalue weighted by Gasteiger charge is -2.49. The van der Waals surface area contributed by atoms with Crippen LogP contribution in [0.1, 0.15) is 74.1 Å². The van der Waals surface area contributed by atoms with Crippen molar-refractivity contribution in [3.05, 3.63) is 76.9 Å². The normalized spacial score (nSPS) is 25.6. The number of rotatable bonds is 6. The number of allylic oxidation sites excluding steroid dienone is 1. The first-order chi connectivity index (χ1) is 16.9. The van der Waals surface area contributed by atoms with Crippen LogP contribution >= 0.6 is 13.5 Å². The molecule has 1 atom stereocenters. The maximum Gasteiger partial charge on any atom is 0.217 e. The first kappa shape index (κ1) is 26.7. The quantitative estimate of drug-likeness (QED) is 0.484. The summed E-state index contributed by atoms with van der Waals surface area (Å²) >= 11 is 0. The van der Waals surface area contributed by atoms with Gasteiger partial charge in [0.1, 0.15) is 0 Å². The van der Waals surface area contributed by atoms with Crippen LogP contribution in [0.2, 0.25) is 0 Å². The molecule has 0 spiro atoms. The third kappa shape index (κ3) is 6.51. The molecule has 0 aliphatic heterocycles. The summed E-state index contributed by atoms with van der Waals surface area (Å²) in [6.45, 7) is 3.48. The van der Waals surface area contributed by atoms with Crippen molar-refractivity contribution in [2.75, 3.05) is 0 Å². The van der Waals surface area contributed by atoms with Crippen LogP contribution in [0.3, 0.4) is 0 Å². The minimum absolute atomic E-state index is 0. The topological polar surface area (TPSA) is 46.2 Å². The van der Waals surface area contributed by atoms with Gasteiger partial charge >= 0.3 is 0 Å². The van der Waals surface area contributed by atoms with E-state index in [0.717, 1.165) is 17.6 Å². The SMILES string of the molecule is C1C2CC3CC1CC(C2)C3.CC(=O)NC(CC1=CCc2ccccc21)C(=O)Cc1ccc(C)cc1.S. The first-order valence-corrected chi connectivity index (χ1v) is 13.6. The van der Waals surface area contributed by atoms with E-state index < -0.39 is 6.04 Å². The Hall–Kier alpha value is -2.33.